The van der Waals surface area contributed by atoms with E-state index in [-0.39, 0.29) is 26.4 Å². The highest BCUT2D eigenvalue weighted by Gasteiger charge is 2.51. The molecule has 2 aliphatic rings. The summed E-state index contributed by atoms with van der Waals surface area (Å²) >= 11 is 0. The van der Waals surface area contributed by atoms with Gasteiger partial charge in [-0.2, -0.15) is 0 Å². The Morgan fingerprint density at radius 2 is 1.34 bits per heavy atom. The van der Waals surface area contributed by atoms with E-state index in [0.717, 1.165) is 0 Å². The lowest BCUT2D eigenvalue weighted by Gasteiger charge is -2.47. The van der Waals surface area contributed by atoms with Crippen LogP contribution in [-0.2, 0) is 28.4 Å². The van der Waals surface area contributed by atoms with Crippen molar-refractivity contribution in [2.45, 2.75) is 61.4 Å². The van der Waals surface area contributed by atoms with Gasteiger partial charge in [0, 0.05) is 0 Å². The van der Waals surface area contributed by atoms with Crippen molar-refractivity contribution in [1.82, 2.24) is 0 Å². The third-order valence-electron chi connectivity index (χ3n) is 5.08. The zero-order valence-electron chi connectivity index (χ0n) is 17.8. The SMILES string of the molecule is C=CCOC[C@H]1O[C@@H](O[C@H]2[C@H](OCC=C)[C@@H](OCC=C)[C@@H](O)O[C@@H]2CO)[C@H](O)[C@@H](O)[C@H]1O. The number of aliphatic hydroxyl groups is 5. The highest BCUT2D eigenvalue weighted by atomic mass is 16.7. The predicted molar refractivity (Wildman–Crippen MR) is 110 cm³/mol. The number of ether oxygens (including phenoxy) is 6. The van der Waals surface area contributed by atoms with Crippen molar-refractivity contribution in [3.8, 4) is 0 Å². The molecule has 0 unspecified atom stereocenters. The molecule has 0 aromatic heterocycles. The van der Waals surface area contributed by atoms with Gasteiger partial charge < -0.3 is 54.0 Å². The van der Waals surface area contributed by atoms with Gasteiger partial charge in [0.2, 0.25) is 0 Å². The van der Waals surface area contributed by atoms with Crippen LogP contribution in [0, 0.1) is 0 Å². The maximum absolute atomic E-state index is 10.4. The third kappa shape index (κ3) is 6.65. The normalized spacial score (nSPS) is 40.0. The van der Waals surface area contributed by atoms with Crippen LogP contribution in [-0.4, -0.2) is 120 Å². The van der Waals surface area contributed by atoms with E-state index in [1.165, 1.54) is 18.2 Å². The molecule has 2 aliphatic heterocycles. The molecule has 32 heavy (non-hydrogen) atoms. The minimum absolute atomic E-state index is 0.0662. The summed E-state index contributed by atoms with van der Waals surface area (Å²) in [5.41, 5.74) is 0. The third-order valence-corrected chi connectivity index (χ3v) is 5.08. The van der Waals surface area contributed by atoms with Crippen molar-refractivity contribution >= 4 is 0 Å². The summed E-state index contributed by atoms with van der Waals surface area (Å²) < 4.78 is 33.6. The van der Waals surface area contributed by atoms with E-state index < -0.39 is 68.0 Å². The summed E-state index contributed by atoms with van der Waals surface area (Å²) in [4.78, 5) is 0. The Morgan fingerprint density at radius 3 is 1.94 bits per heavy atom. The van der Waals surface area contributed by atoms with Gasteiger partial charge in [-0.05, 0) is 0 Å². The van der Waals surface area contributed by atoms with Crippen molar-refractivity contribution in [1.29, 1.82) is 0 Å². The Bertz CT molecular complexity index is 588. The van der Waals surface area contributed by atoms with Crippen molar-refractivity contribution in [2.24, 2.45) is 0 Å². The van der Waals surface area contributed by atoms with Crippen LogP contribution in [0.1, 0.15) is 0 Å². The van der Waals surface area contributed by atoms with E-state index in [0.29, 0.717) is 0 Å². The molecule has 5 N–H and O–H groups in total. The van der Waals surface area contributed by atoms with Crippen LogP contribution < -0.4 is 0 Å². The fourth-order valence-corrected chi connectivity index (χ4v) is 3.52. The molecule has 0 spiro atoms. The second-order valence-corrected chi connectivity index (χ2v) is 7.36. The molecule has 0 bridgehead atoms. The molecule has 2 rings (SSSR count). The first-order valence-corrected chi connectivity index (χ1v) is 10.3. The fourth-order valence-electron chi connectivity index (χ4n) is 3.52. The number of rotatable bonds is 13. The summed E-state index contributed by atoms with van der Waals surface area (Å²) in [6, 6.07) is 0. The average Bonchev–Trinajstić information content (AvgIpc) is 2.79. The van der Waals surface area contributed by atoms with Crippen LogP contribution in [0.4, 0.5) is 0 Å². The van der Waals surface area contributed by atoms with Crippen molar-refractivity contribution in [3.05, 3.63) is 38.0 Å². The highest BCUT2D eigenvalue weighted by Crippen LogP contribution is 2.31. The van der Waals surface area contributed by atoms with Crippen molar-refractivity contribution < 1.29 is 54.0 Å². The zero-order chi connectivity index (χ0) is 23.7. The largest absolute Gasteiger partial charge is 0.394 e. The van der Waals surface area contributed by atoms with Crippen molar-refractivity contribution in [3.63, 3.8) is 0 Å². The van der Waals surface area contributed by atoms with Gasteiger partial charge in [-0.1, -0.05) is 18.2 Å². The first-order chi connectivity index (χ1) is 15.4. The Kier molecular flexibility index (Phi) is 11.4. The van der Waals surface area contributed by atoms with Crippen LogP contribution in [0.5, 0.6) is 0 Å². The van der Waals surface area contributed by atoms with Crippen LogP contribution in [0.25, 0.3) is 0 Å². The van der Waals surface area contributed by atoms with Gasteiger partial charge in [0.15, 0.2) is 12.6 Å². The van der Waals surface area contributed by atoms with Gasteiger partial charge in [-0.15, -0.1) is 19.7 Å². The summed E-state index contributed by atoms with van der Waals surface area (Å²) in [6.07, 6.45) is -8.21. The lowest BCUT2D eigenvalue weighted by atomic mass is 9.96. The second kappa shape index (κ2) is 13.5. The summed E-state index contributed by atoms with van der Waals surface area (Å²) in [7, 11) is 0. The predicted octanol–water partition coefficient (Wildman–Crippen LogP) is -1.77. The number of hydrogen-bond donors (Lipinski definition) is 5. The fraction of sp³-hybridized carbons (Fsp3) is 0.714. The topological polar surface area (TPSA) is 157 Å². The van der Waals surface area contributed by atoms with Gasteiger partial charge in [-0.25, -0.2) is 0 Å². The molecule has 0 aromatic carbocycles. The highest BCUT2D eigenvalue weighted by molar-refractivity contribution is 4.96. The van der Waals surface area contributed by atoms with E-state index in [4.69, 9.17) is 28.4 Å². The average molecular weight is 462 g/mol. The van der Waals surface area contributed by atoms with Crippen LogP contribution in [0.2, 0.25) is 0 Å². The monoisotopic (exact) mass is 462 g/mol. The van der Waals surface area contributed by atoms with E-state index in [2.05, 4.69) is 19.7 Å². The van der Waals surface area contributed by atoms with E-state index in [9.17, 15) is 25.5 Å². The molecule has 11 nitrogen and oxygen atoms in total. The molecule has 0 radical (unpaired) electrons. The molecular weight excluding hydrogens is 428 g/mol. The first kappa shape index (κ1) is 27.0. The molecule has 2 fully saturated rings. The summed E-state index contributed by atoms with van der Waals surface area (Å²) in [6.45, 7) is 10.4. The van der Waals surface area contributed by atoms with E-state index >= 15 is 0 Å². The molecule has 11 heteroatoms. The van der Waals surface area contributed by atoms with Gasteiger partial charge in [0.25, 0.3) is 0 Å². The maximum atomic E-state index is 10.4. The minimum Gasteiger partial charge on any atom is -0.394 e. The first-order valence-electron chi connectivity index (χ1n) is 10.3. The van der Waals surface area contributed by atoms with Gasteiger partial charge >= 0.3 is 0 Å². The van der Waals surface area contributed by atoms with Crippen LogP contribution >= 0.6 is 0 Å². The van der Waals surface area contributed by atoms with Crippen LogP contribution in [0.15, 0.2) is 38.0 Å². The number of hydrogen-bond acceptors (Lipinski definition) is 11. The Morgan fingerprint density at radius 1 is 0.719 bits per heavy atom. The van der Waals surface area contributed by atoms with Gasteiger partial charge in [0.05, 0.1) is 33.0 Å². The molecule has 184 valence electrons. The summed E-state index contributed by atoms with van der Waals surface area (Å²) in [5.74, 6) is 0. The lowest BCUT2D eigenvalue weighted by molar-refractivity contribution is -0.361. The maximum Gasteiger partial charge on any atom is 0.187 e. The molecule has 0 saturated carbocycles. The Labute approximate surface area is 187 Å². The smallest absolute Gasteiger partial charge is 0.187 e. The molecule has 10 atom stereocenters. The van der Waals surface area contributed by atoms with E-state index in [1.54, 1.807) is 0 Å². The standard InChI is InChI=1S/C21H34O11/c1-4-7-27-11-13-14(23)15(24)16(25)21(31-13)32-17-12(10-22)30-20(26)19(29-9-6-3)18(17)28-8-5-2/h4-6,12-26H,1-3,7-11H2/t12-,13-,14+,15+,16-,17-,18+,19-,20+,21+/m1/s1. The van der Waals surface area contributed by atoms with Crippen LogP contribution in [0.3, 0.4) is 0 Å². The molecular formula is C21H34O11. The Balaban J connectivity index is 2.23. The quantitative estimate of drug-likeness (QED) is 0.156. The number of aliphatic hydroxyl groups excluding tert-OH is 5. The molecule has 0 amide bonds. The molecule has 0 aromatic rings. The zero-order valence-corrected chi connectivity index (χ0v) is 17.8. The minimum atomic E-state index is -1.63. The molecule has 2 heterocycles. The second-order valence-electron chi connectivity index (χ2n) is 7.36. The Hall–Kier alpha value is -1.22. The van der Waals surface area contributed by atoms with E-state index in [1.807, 2.05) is 0 Å². The molecule has 0 aliphatic carbocycles. The molecule has 2 saturated heterocycles. The lowest BCUT2D eigenvalue weighted by Crippen LogP contribution is -2.65. The van der Waals surface area contributed by atoms with Gasteiger partial charge in [0.1, 0.15) is 48.8 Å². The summed E-state index contributed by atoms with van der Waals surface area (Å²) in [5, 5.41) is 51.1. The van der Waals surface area contributed by atoms with Gasteiger partial charge in [-0.3, -0.25) is 0 Å². The van der Waals surface area contributed by atoms with Crippen molar-refractivity contribution in [2.75, 3.05) is 33.0 Å².